The van der Waals surface area contributed by atoms with Crippen LogP contribution in [0.1, 0.15) is 23.6 Å². The maximum Gasteiger partial charge on any atom is 0.258 e. The minimum Gasteiger partial charge on any atom is -0.355 e. The molecule has 1 heterocycles. The summed E-state index contributed by atoms with van der Waals surface area (Å²) in [5, 5.41) is 9.79. The summed E-state index contributed by atoms with van der Waals surface area (Å²) < 4.78 is 0. The Morgan fingerprint density at radius 3 is 2.47 bits per heavy atom. The summed E-state index contributed by atoms with van der Waals surface area (Å²) >= 11 is 6.13. The predicted octanol–water partition coefficient (Wildman–Crippen LogP) is 4.84. The number of amides is 2. The van der Waals surface area contributed by atoms with Crippen molar-refractivity contribution in [3.63, 3.8) is 0 Å². The van der Waals surface area contributed by atoms with Crippen molar-refractivity contribution in [2.75, 3.05) is 30.8 Å². The molecule has 0 saturated carbocycles. The number of nitrogens with zero attached hydrogens (tertiary/aromatic N) is 1. The van der Waals surface area contributed by atoms with E-state index in [1.807, 2.05) is 55.6 Å². The lowest BCUT2D eigenvalue weighted by Crippen LogP contribution is -2.31. The number of benzene rings is 3. The molecule has 0 unspecified atom stereocenters. The van der Waals surface area contributed by atoms with Crippen LogP contribution in [-0.4, -0.2) is 36.9 Å². The Bertz CT molecular complexity index is 1220. The standard InChI is InChI=1S/C27H27ClN4O2/c1-18(33)29-14-15-32(2)17-19-8-11-22(12-9-19)30-26(20-6-4-3-5-7-20)25-23-13-10-21(28)16-24(23)31-27(25)34/h3-13,16,30H,14-15,17H2,1-2H3,(H,29,33)(H,31,34). The molecule has 2 amide bonds. The smallest absolute Gasteiger partial charge is 0.258 e. The summed E-state index contributed by atoms with van der Waals surface area (Å²) in [6, 6.07) is 23.4. The quantitative estimate of drug-likeness (QED) is 0.408. The monoisotopic (exact) mass is 474 g/mol. The number of likely N-dealkylation sites (N-methyl/N-ethyl adjacent to an activating group) is 1. The third-order valence-corrected chi connectivity index (χ3v) is 5.82. The number of carbonyl (C=O) groups is 2. The van der Waals surface area contributed by atoms with E-state index in [4.69, 9.17) is 11.6 Å². The summed E-state index contributed by atoms with van der Waals surface area (Å²) in [5.41, 5.74) is 5.80. The normalized spacial score (nSPS) is 13.9. The van der Waals surface area contributed by atoms with Crippen LogP contribution in [0.25, 0.3) is 11.3 Å². The zero-order valence-corrected chi connectivity index (χ0v) is 19.9. The number of anilines is 2. The van der Waals surface area contributed by atoms with Crippen molar-refractivity contribution in [2.24, 2.45) is 0 Å². The van der Waals surface area contributed by atoms with Gasteiger partial charge in [0.2, 0.25) is 5.91 Å². The summed E-state index contributed by atoms with van der Waals surface area (Å²) in [6.07, 6.45) is 0. The number of hydrogen-bond donors (Lipinski definition) is 3. The molecular weight excluding hydrogens is 448 g/mol. The van der Waals surface area contributed by atoms with E-state index in [1.54, 1.807) is 12.1 Å². The van der Waals surface area contributed by atoms with Crippen molar-refractivity contribution in [1.29, 1.82) is 0 Å². The van der Waals surface area contributed by atoms with Gasteiger partial charge in [-0.05, 0) is 42.4 Å². The molecule has 3 aromatic rings. The molecule has 0 fully saturated rings. The van der Waals surface area contributed by atoms with Crippen LogP contribution in [0.2, 0.25) is 5.02 Å². The summed E-state index contributed by atoms with van der Waals surface area (Å²) in [4.78, 5) is 26.2. The maximum atomic E-state index is 13.0. The molecule has 0 bridgehead atoms. The minimum absolute atomic E-state index is 0.0196. The summed E-state index contributed by atoms with van der Waals surface area (Å²) in [6.45, 7) is 3.67. The Balaban J connectivity index is 1.58. The maximum absolute atomic E-state index is 13.0. The Labute approximate surface area is 204 Å². The van der Waals surface area contributed by atoms with E-state index in [9.17, 15) is 9.59 Å². The van der Waals surface area contributed by atoms with E-state index in [-0.39, 0.29) is 11.8 Å². The summed E-state index contributed by atoms with van der Waals surface area (Å²) in [5.74, 6) is -0.185. The topological polar surface area (TPSA) is 73.5 Å². The first-order valence-electron chi connectivity index (χ1n) is 11.1. The molecule has 0 aliphatic carbocycles. The molecule has 3 aromatic carbocycles. The number of nitrogens with one attached hydrogen (secondary N) is 3. The first-order chi connectivity index (χ1) is 16.4. The first-order valence-corrected chi connectivity index (χ1v) is 11.5. The van der Waals surface area contributed by atoms with Crippen molar-refractivity contribution >= 4 is 46.1 Å². The van der Waals surface area contributed by atoms with E-state index < -0.39 is 0 Å². The number of halogens is 1. The molecule has 0 atom stereocenters. The van der Waals surface area contributed by atoms with Crippen LogP contribution < -0.4 is 16.0 Å². The van der Waals surface area contributed by atoms with E-state index in [2.05, 4.69) is 33.0 Å². The van der Waals surface area contributed by atoms with Crippen LogP contribution in [-0.2, 0) is 16.1 Å². The molecule has 3 N–H and O–H groups in total. The molecule has 0 aromatic heterocycles. The molecule has 7 heteroatoms. The van der Waals surface area contributed by atoms with Gasteiger partial charge in [0.25, 0.3) is 5.91 Å². The Morgan fingerprint density at radius 1 is 1.03 bits per heavy atom. The Hall–Kier alpha value is -3.61. The first kappa shape index (κ1) is 23.5. The van der Waals surface area contributed by atoms with Crippen LogP contribution in [0, 0.1) is 0 Å². The van der Waals surface area contributed by atoms with Crippen LogP contribution in [0.3, 0.4) is 0 Å². The fraction of sp³-hybridized carbons (Fsp3) is 0.185. The molecule has 4 rings (SSSR count). The summed E-state index contributed by atoms with van der Waals surface area (Å²) in [7, 11) is 2.02. The lowest BCUT2D eigenvalue weighted by Gasteiger charge is -2.18. The predicted molar refractivity (Wildman–Crippen MR) is 138 cm³/mol. The van der Waals surface area contributed by atoms with Crippen LogP contribution in [0.5, 0.6) is 0 Å². The third-order valence-electron chi connectivity index (χ3n) is 5.58. The molecule has 0 radical (unpaired) electrons. The molecule has 0 saturated heterocycles. The number of fused-ring (bicyclic) bond motifs is 1. The zero-order valence-electron chi connectivity index (χ0n) is 19.2. The number of rotatable bonds is 8. The third kappa shape index (κ3) is 5.65. The highest BCUT2D eigenvalue weighted by Gasteiger charge is 2.28. The van der Waals surface area contributed by atoms with Crippen LogP contribution in [0.15, 0.2) is 72.8 Å². The van der Waals surface area contributed by atoms with Gasteiger partial charge in [-0.3, -0.25) is 9.59 Å². The molecule has 34 heavy (non-hydrogen) atoms. The van der Waals surface area contributed by atoms with Crippen molar-refractivity contribution < 1.29 is 9.59 Å². The Morgan fingerprint density at radius 2 is 1.76 bits per heavy atom. The van der Waals surface area contributed by atoms with Crippen molar-refractivity contribution in [3.05, 3.63) is 94.5 Å². The van der Waals surface area contributed by atoms with Crippen molar-refractivity contribution in [1.82, 2.24) is 10.2 Å². The highest BCUT2D eigenvalue weighted by molar-refractivity contribution is 6.38. The van der Waals surface area contributed by atoms with Gasteiger partial charge in [0.1, 0.15) is 0 Å². The average molecular weight is 475 g/mol. The largest absolute Gasteiger partial charge is 0.355 e. The fourth-order valence-electron chi connectivity index (χ4n) is 3.93. The SMILES string of the molecule is CC(=O)NCCN(C)Cc1ccc(NC(=C2C(=O)Nc3cc(Cl)ccc32)c2ccccc2)cc1. The Kier molecular flexibility index (Phi) is 7.30. The number of hydrogen-bond acceptors (Lipinski definition) is 4. The van der Waals surface area contributed by atoms with E-state index >= 15 is 0 Å². The zero-order chi connectivity index (χ0) is 24.1. The highest BCUT2D eigenvalue weighted by Crippen LogP contribution is 2.38. The van der Waals surface area contributed by atoms with Gasteiger partial charge in [0, 0.05) is 42.8 Å². The lowest BCUT2D eigenvalue weighted by atomic mass is 10.00. The second kappa shape index (κ2) is 10.5. The molecule has 1 aliphatic rings. The second-order valence-corrected chi connectivity index (χ2v) is 8.74. The van der Waals surface area contributed by atoms with Gasteiger partial charge >= 0.3 is 0 Å². The average Bonchev–Trinajstić information content (AvgIpc) is 3.13. The fourth-order valence-corrected chi connectivity index (χ4v) is 4.10. The van der Waals surface area contributed by atoms with E-state index in [1.165, 1.54) is 6.92 Å². The van der Waals surface area contributed by atoms with E-state index in [0.29, 0.717) is 22.8 Å². The molecule has 0 spiro atoms. The number of carbonyl (C=O) groups excluding carboxylic acids is 2. The van der Waals surface area contributed by atoms with Gasteiger partial charge in [0.05, 0.1) is 17.0 Å². The molecule has 1 aliphatic heterocycles. The van der Waals surface area contributed by atoms with E-state index in [0.717, 1.165) is 41.2 Å². The highest BCUT2D eigenvalue weighted by atomic mass is 35.5. The van der Waals surface area contributed by atoms with Crippen molar-refractivity contribution in [3.8, 4) is 0 Å². The van der Waals surface area contributed by atoms with Gasteiger partial charge in [-0.1, -0.05) is 60.1 Å². The van der Waals surface area contributed by atoms with Crippen LogP contribution in [0.4, 0.5) is 11.4 Å². The lowest BCUT2D eigenvalue weighted by molar-refractivity contribution is -0.119. The van der Waals surface area contributed by atoms with Gasteiger partial charge in [-0.25, -0.2) is 0 Å². The molecule has 6 nitrogen and oxygen atoms in total. The van der Waals surface area contributed by atoms with Gasteiger partial charge in [-0.15, -0.1) is 0 Å². The second-order valence-electron chi connectivity index (χ2n) is 8.30. The van der Waals surface area contributed by atoms with Crippen LogP contribution >= 0.6 is 11.6 Å². The molecule has 174 valence electrons. The van der Waals surface area contributed by atoms with Crippen molar-refractivity contribution in [2.45, 2.75) is 13.5 Å². The molecular formula is C27H27ClN4O2. The minimum atomic E-state index is -0.166. The van der Waals surface area contributed by atoms with Gasteiger partial charge < -0.3 is 20.9 Å². The van der Waals surface area contributed by atoms with Gasteiger partial charge in [-0.2, -0.15) is 0 Å². The van der Waals surface area contributed by atoms with Gasteiger partial charge in [0.15, 0.2) is 0 Å².